The summed E-state index contributed by atoms with van der Waals surface area (Å²) < 4.78 is 5.14. The fourth-order valence-electron chi connectivity index (χ4n) is 6.61. The number of methoxy groups -OCH3 is 1. The molecule has 162 valence electrons. The van der Waals surface area contributed by atoms with E-state index in [-0.39, 0.29) is 11.8 Å². The van der Waals surface area contributed by atoms with Gasteiger partial charge in [-0.15, -0.1) is 0 Å². The van der Waals surface area contributed by atoms with Crippen LogP contribution >= 0.6 is 0 Å². The first-order chi connectivity index (χ1) is 14.4. The van der Waals surface area contributed by atoms with Gasteiger partial charge in [0.2, 0.25) is 11.8 Å². The predicted octanol–water partition coefficient (Wildman–Crippen LogP) is 3.89. The van der Waals surface area contributed by atoms with Gasteiger partial charge >= 0.3 is 0 Å². The molecule has 1 aromatic rings. The lowest BCUT2D eigenvalue weighted by atomic mass is 9.49. The Bertz CT molecular complexity index is 779. The van der Waals surface area contributed by atoms with Crippen molar-refractivity contribution < 1.29 is 14.3 Å². The molecule has 5 heteroatoms. The molecule has 0 saturated heterocycles. The molecule has 0 radical (unpaired) electrons. The minimum absolute atomic E-state index is 0.00283. The van der Waals surface area contributed by atoms with Crippen LogP contribution in [0.5, 0.6) is 5.75 Å². The molecule has 0 spiro atoms. The van der Waals surface area contributed by atoms with E-state index in [1.54, 1.807) is 20.1 Å². The molecule has 4 bridgehead atoms. The summed E-state index contributed by atoms with van der Waals surface area (Å²) in [7, 11) is 3.52. The molecule has 30 heavy (non-hydrogen) atoms. The normalized spacial score (nSPS) is 30.3. The summed E-state index contributed by atoms with van der Waals surface area (Å²) in [4.78, 5) is 27.1. The van der Waals surface area contributed by atoms with E-state index in [0.29, 0.717) is 5.41 Å². The van der Waals surface area contributed by atoms with Crippen LogP contribution in [-0.2, 0) is 9.59 Å². The second-order valence-corrected chi connectivity index (χ2v) is 9.95. The molecule has 4 aliphatic rings. The standard InChI is InChI=1S/C25H34N2O3/c1-17(26-23(28)9-6-18-4-7-22(30-3)8-5-18)24(29)27(2)16-25-13-19-10-20(14-25)12-21(11-19)15-25/h4-9,17,19-21H,10-16H2,1-3H3,(H,26,28)/b9-6+. The highest BCUT2D eigenvalue weighted by molar-refractivity contribution is 5.95. The van der Waals surface area contributed by atoms with E-state index in [0.717, 1.165) is 35.6 Å². The van der Waals surface area contributed by atoms with Crippen molar-refractivity contribution in [1.82, 2.24) is 10.2 Å². The van der Waals surface area contributed by atoms with Crippen LogP contribution < -0.4 is 10.1 Å². The van der Waals surface area contributed by atoms with E-state index in [4.69, 9.17) is 4.74 Å². The van der Waals surface area contributed by atoms with Gasteiger partial charge in [0.15, 0.2) is 0 Å². The molecule has 0 heterocycles. The Morgan fingerprint density at radius 3 is 2.23 bits per heavy atom. The quantitative estimate of drug-likeness (QED) is 0.694. The Morgan fingerprint density at radius 1 is 1.13 bits per heavy atom. The van der Waals surface area contributed by atoms with Gasteiger partial charge in [-0.3, -0.25) is 9.59 Å². The number of hydrogen-bond donors (Lipinski definition) is 1. The average Bonchev–Trinajstić information content (AvgIpc) is 2.70. The smallest absolute Gasteiger partial charge is 0.244 e. The Labute approximate surface area is 179 Å². The second-order valence-electron chi connectivity index (χ2n) is 9.95. The highest BCUT2D eigenvalue weighted by Crippen LogP contribution is 2.60. The molecule has 1 atom stereocenters. The maximum absolute atomic E-state index is 12.9. The van der Waals surface area contributed by atoms with Crippen molar-refractivity contribution in [2.75, 3.05) is 20.7 Å². The number of nitrogens with zero attached hydrogens (tertiary/aromatic N) is 1. The summed E-state index contributed by atoms with van der Waals surface area (Å²) in [5.74, 6) is 3.14. The van der Waals surface area contributed by atoms with Gasteiger partial charge in [-0.05, 0) is 92.4 Å². The van der Waals surface area contributed by atoms with E-state index in [9.17, 15) is 9.59 Å². The van der Waals surface area contributed by atoms with Gasteiger partial charge in [0.25, 0.3) is 0 Å². The minimum Gasteiger partial charge on any atom is -0.497 e. The highest BCUT2D eigenvalue weighted by atomic mass is 16.5. The van der Waals surface area contributed by atoms with Gasteiger partial charge in [0.1, 0.15) is 11.8 Å². The molecule has 5 nitrogen and oxygen atoms in total. The van der Waals surface area contributed by atoms with Gasteiger partial charge in [0, 0.05) is 19.7 Å². The Balaban J connectivity index is 1.29. The molecule has 0 aliphatic heterocycles. The molecule has 4 saturated carbocycles. The first kappa shape index (κ1) is 21.0. The van der Waals surface area contributed by atoms with Crippen molar-refractivity contribution >= 4 is 17.9 Å². The second kappa shape index (κ2) is 8.44. The number of carbonyl (C=O) groups excluding carboxylic acids is 2. The Hall–Kier alpha value is -2.30. The average molecular weight is 411 g/mol. The van der Waals surface area contributed by atoms with Crippen LogP contribution in [0.3, 0.4) is 0 Å². The summed E-state index contributed by atoms with van der Waals surface area (Å²) in [6, 6.07) is 6.94. The maximum atomic E-state index is 12.9. The summed E-state index contributed by atoms with van der Waals surface area (Å²) in [5, 5.41) is 2.82. The number of nitrogens with one attached hydrogen (secondary N) is 1. The summed E-state index contributed by atoms with van der Waals surface area (Å²) >= 11 is 0. The number of carbonyl (C=O) groups is 2. The SMILES string of the molecule is COc1ccc(/C=C/C(=O)NC(C)C(=O)N(C)CC23CC4CC(CC(C4)C2)C3)cc1. The van der Waals surface area contributed by atoms with Crippen molar-refractivity contribution in [2.24, 2.45) is 23.2 Å². The molecule has 0 aromatic heterocycles. The molecule has 1 unspecified atom stereocenters. The summed E-state index contributed by atoms with van der Waals surface area (Å²) in [5.41, 5.74) is 1.22. The molecule has 4 aliphatic carbocycles. The summed E-state index contributed by atoms with van der Waals surface area (Å²) in [6.07, 6.45) is 11.3. The van der Waals surface area contributed by atoms with Crippen LogP contribution in [-0.4, -0.2) is 43.5 Å². The fourth-order valence-corrected chi connectivity index (χ4v) is 6.61. The van der Waals surface area contributed by atoms with Crippen molar-refractivity contribution in [2.45, 2.75) is 51.5 Å². The zero-order valence-electron chi connectivity index (χ0n) is 18.4. The van der Waals surface area contributed by atoms with Crippen LogP contribution in [0.25, 0.3) is 6.08 Å². The molecular weight excluding hydrogens is 376 g/mol. The van der Waals surface area contributed by atoms with E-state index in [1.807, 2.05) is 36.2 Å². The van der Waals surface area contributed by atoms with Crippen molar-refractivity contribution in [3.05, 3.63) is 35.9 Å². The first-order valence-electron chi connectivity index (χ1n) is 11.2. The van der Waals surface area contributed by atoms with Gasteiger partial charge in [-0.25, -0.2) is 0 Å². The highest BCUT2D eigenvalue weighted by Gasteiger charge is 2.51. The van der Waals surface area contributed by atoms with Crippen molar-refractivity contribution in [1.29, 1.82) is 0 Å². The lowest BCUT2D eigenvalue weighted by molar-refractivity contribution is -0.138. The fraction of sp³-hybridized carbons (Fsp3) is 0.600. The first-order valence-corrected chi connectivity index (χ1v) is 11.2. The van der Waals surface area contributed by atoms with E-state index in [1.165, 1.54) is 44.6 Å². The van der Waals surface area contributed by atoms with Crippen LogP contribution in [0.2, 0.25) is 0 Å². The van der Waals surface area contributed by atoms with Gasteiger partial charge in [0.05, 0.1) is 7.11 Å². The molecular formula is C25H34N2O3. The van der Waals surface area contributed by atoms with Gasteiger partial charge in [-0.2, -0.15) is 0 Å². The molecule has 2 amide bonds. The maximum Gasteiger partial charge on any atom is 0.244 e. The van der Waals surface area contributed by atoms with Crippen molar-refractivity contribution in [3.63, 3.8) is 0 Å². The molecule has 5 rings (SSSR count). The predicted molar refractivity (Wildman–Crippen MR) is 118 cm³/mol. The lowest BCUT2D eigenvalue weighted by Crippen LogP contribution is -2.53. The zero-order chi connectivity index (χ0) is 21.3. The van der Waals surface area contributed by atoms with Crippen LogP contribution in [0.4, 0.5) is 0 Å². The lowest BCUT2D eigenvalue weighted by Gasteiger charge is -2.57. The van der Waals surface area contributed by atoms with E-state index < -0.39 is 6.04 Å². The Morgan fingerprint density at radius 2 is 1.70 bits per heavy atom. The van der Waals surface area contributed by atoms with Crippen LogP contribution in [0.15, 0.2) is 30.3 Å². The Kier molecular flexibility index (Phi) is 5.90. The van der Waals surface area contributed by atoms with E-state index >= 15 is 0 Å². The third-order valence-corrected chi connectivity index (χ3v) is 7.39. The molecule has 4 fully saturated rings. The van der Waals surface area contributed by atoms with Crippen LogP contribution in [0, 0.1) is 23.2 Å². The van der Waals surface area contributed by atoms with Crippen molar-refractivity contribution in [3.8, 4) is 5.75 Å². The monoisotopic (exact) mass is 410 g/mol. The number of rotatable bonds is 7. The third-order valence-electron chi connectivity index (χ3n) is 7.39. The van der Waals surface area contributed by atoms with Gasteiger partial charge < -0.3 is 15.0 Å². The zero-order valence-corrected chi connectivity index (χ0v) is 18.4. The number of likely N-dealkylation sites (N-methyl/N-ethyl adjacent to an activating group) is 1. The number of ether oxygens (including phenoxy) is 1. The largest absolute Gasteiger partial charge is 0.497 e. The van der Waals surface area contributed by atoms with E-state index in [2.05, 4.69) is 5.32 Å². The van der Waals surface area contributed by atoms with Crippen LogP contribution in [0.1, 0.15) is 51.0 Å². The minimum atomic E-state index is -0.531. The number of hydrogen-bond acceptors (Lipinski definition) is 3. The summed E-state index contributed by atoms with van der Waals surface area (Å²) in [6.45, 7) is 2.61. The third kappa shape index (κ3) is 4.55. The molecule has 1 N–H and O–H groups in total. The molecule has 1 aromatic carbocycles. The number of benzene rings is 1. The van der Waals surface area contributed by atoms with Gasteiger partial charge in [-0.1, -0.05) is 12.1 Å². The topological polar surface area (TPSA) is 58.6 Å². The number of amides is 2.